The van der Waals surface area contributed by atoms with E-state index in [0.717, 1.165) is 22.0 Å². The Labute approximate surface area is 98.9 Å². The topological polar surface area (TPSA) is 52.0 Å². The van der Waals surface area contributed by atoms with Gasteiger partial charge < -0.3 is 10.2 Å². The molecule has 1 atom stereocenters. The zero-order valence-corrected chi connectivity index (χ0v) is 9.21. The van der Waals surface area contributed by atoms with Gasteiger partial charge in [0.1, 0.15) is 0 Å². The van der Waals surface area contributed by atoms with Crippen molar-refractivity contribution in [1.82, 2.24) is 4.98 Å². The molecule has 3 rings (SSSR count). The average molecular weight is 224 g/mol. The lowest BCUT2D eigenvalue weighted by Gasteiger charge is -2.10. The molecule has 0 saturated carbocycles. The van der Waals surface area contributed by atoms with Gasteiger partial charge in [-0.05, 0) is 29.8 Å². The van der Waals surface area contributed by atoms with Gasteiger partial charge in [0.25, 0.3) is 0 Å². The SMILES string of the molecule is NC(c1ccoc1)c1ccc2ncccc2c1. The van der Waals surface area contributed by atoms with Crippen LogP contribution < -0.4 is 5.73 Å². The molecule has 0 spiro atoms. The van der Waals surface area contributed by atoms with Crippen LogP contribution in [0.15, 0.2) is 59.5 Å². The van der Waals surface area contributed by atoms with E-state index in [9.17, 15) is 0 Å². The number of hydrogen-bond acceptors (Lipinski definition) is 3. The van der Waals surface area contributed by atoms with Gasteiger partial charge in [0.15, 0.2) is 0 Å². The van der Waals surface area contributed by atoms with Gasteiger partial charge in [0.05, 0.1) is 24.1 Å². The van der Waals surface area contributed by atoms with Crippen molar-refractivity contribution >= 4 is 10.9 Å². The quantitative estimate of drug-likeness (QED) is 0.728. The van der Waals surface area contributed by atoms with E-state index in [0.29, 0.717) is 0 Å². The Hall–Kier alpha value is -2.13. The molecule has 2 aromatic heterocycles. The highest BCUT2D eigenvalue weighted by molar-refractivity contribution is 5.79. The van der Waals surface area contributed by atoms with Gasteiger partial charge in [-0.25, -0.2) is 0 Å². The standard InChI is InChI=1S/C14H12N2O/c15-14(12-5-7-17-9-12)11-3-4-13-10(8-11)2-1-6-16-13/h1-9,14H,15H2. The molecule has 84 valence electrons. The monoisotopic (exact) mass is 224 g/mol. The van der Waals surface area contributed by atoms with Crippen LogP contribution in [-0.2, 0) is 0 Å². The minimum atomic E-state index is -0.154. The molecule has 0 fully saturated rings. The summed E-state index contributed by atoms with van der Waals surface area (Å²) in [5, 5.41) is 1.10. The molecule has 0 radical (unpaired) electrons. The fraction of sp³-hybridized carbons (Fsp3) is 0.0714. The van der Waals surface area contributed by atoms with E-state index in [4.69, 9.17) is 10.2 Å². The minimum Gasteiger partial charge on any atom is -0.472 e. The van der Waals surface area contributed by atoms with Crippen molar-refractivity contribution in [2.75, 3.05) is 0 Å². The summed E-state index contributed by atoms with van der Waals surface area (Å²) < 4.78 is 5.05. The van der Waals surface area contributed by atoms with Crippen LogP contribution in [0.2, 0.25) is 0 Å². The summed E-state index contributed by atoms with van der Waals surface area (Å²) in [6.45, 7) is 0. The number of nitrogens with zero attached hydrogens (tertiary/aromatic N) is 1. The lowest BCUT2D eigenvalue weighted by molar-refractivity contribution is 0.562. The molecule has 0 saturated heterocycles. The summed E-state index contributed by atoms with van der Waals surface area (Å²) in [5.41, 5.74) is 9.20. The number of nitrogens with two attached hydrogens (primary N) is 1. The molecule has 0 aliphatic carbocycles. The second-order valence-electron chi connectivity index (χ2n) is 3.99. The molecular weight excluding hydrogens is 212 g/mol. The number of aromatic nitrogens is 1. The van der Waals surface area contributed by atoms with E-state index in [2.05, 4.69) is 11.1 Å². The van der Waals surface area contributed by atoms with E-state index in [-0.39, 0.29) is 6.04 Å². The summed E-state index contributed by atoms with van der Waals surface area (Å²) in [7, 11) is 0. The van der Waals surface area contributed by atoms with Gasteiger partial charge in [0, 0.05) is 17.1 Å². The van der Waals surface area contributed by atoms with Crippen molar-refractivity contribution in [2.45, 2.75) is 6.04 Å². The van der Waals surface area contributed by atoms with Crippen molar-refractivity contribution in [3.05, 3.63) is 66.2 Å². The van der Waals surface area contributed by atoms with Crippen molar-refractivity contribution in [2.24, 2.45) is 5.73 Å². The van der Waals surface area contributed by atoms with Crippen LogP contribution in [0, 0.1) is 0 Å². The zero-order valence-electron chi connectivity index (χ0n) is 9.21. The Morgan fingerprint density at radius 3 is 2.88 bits per heavy atom. The van der Waals surface area contributed by atoms with Crippen LogP contribution in [0.25, 0.3) is 10.9 Å². The second kappa shape index (κ2) is 4.03. The van der Waals surface area contributed by atoms with Gasteiger partial charge in [-0.15, -0.1) is 0 Å². The molecule has 17 heavy (non-hydrogen) atoms. The van der Waals surface area contributed by atoms with E-state index in [1.165, 1.54) is 0 Å². The largest absolute Gasteiger partial charge is 0.472 e. The number of rotatable bonds is 2. The number of hydrogen-bond donors (Lipinski definition) is 1. The molecule has 0 aliphatic heterocycles. The zero-order chi connectivity index (χ0) is 11.7. The number of furan rings is 1. The highest BCUT2D eigenvalue weighted by Crippen LogP contribution is 2.23. The van der Waals surface area contributed by atoms with Crippen molar-refractivity contribution < 1.29 is 4.42 Å². The summed E-state index contributed by atoms with van der Waals surface area (Å²) >= 11 is 0. The van der Waals surface area contributed by atoms with Crippen molar-refractivity contribution in [1.29, 1.82) is 0 Å². The first-order chi connectivity index (χ1) is 8.34. The molecule has 0 bridgehead atoms. The smallest absolute Gasteiger partial charge is 0.0953 e. The van der Waals surface area contributed by atoms with Gasteiger partial charge in [-0.2, -0.15) is 0 Å². The summed E-state index contributed by atoms with van der Waals surface area (Å²) in [5.74, 6) is 0. The maximum Gasteiger partial charge on any atom is 0.0953 e. The summed E-state index contributed by atoms with van der Waals surface area (Å²) in [6.07, 6.45) is 5.11. The fourth-order valence-corrected chi connectivity index (χ4v) is 1.93. The van der Waals surface area contributed by atoms with Crippen LogP contribution in [0.5, 0.6) is 0 Å². The molecule has 0 amide bonds. The molecule has 2 heterocycles. The first-order valence-electron chi connectivity index (χ1n) is 5.47. The van der Waals surface area contributed by atoms with Crippen molar-refractivity contribution in [3.63, 3.8) is 0 Å². The Balaban J connectivity index is 2.06. The minimum absolute atomic E-state index is 0.154. The highest BCUT2D eigenvalue weighted by atomic mass is 16.3. The summed E-state index contributed by atoms with van der Waals surface area (Å²) in [6, 6.07) is 11.8. The fourth-order valence-electron chi connectivity index (χ4n) is 1.93. The number of fused-ring (bicyclic) bond motifs is 1. The molecule has 3 aromatic rings. The third kappa shape index (κ3) is 1.81. The number of pyridine rings is 1. The Morgan fingerprint density at radius 1 is 1.12 bits per heavy atom. The highest BCUT2D eigenvalue weighted by Gasteiger charge is 2.10. The first-order valence-corrected chi connectivity index (χ1v) is 5.47. The Kier molecular flexibility index (Phi) is 2.38. The molecule has 3 nitrogen and oxygen atoms in total. The molecular formula is C14H12N2O. The van der Waals surface area contributed by atoms with Gasteiger partial charge >= 0.3 is 0 Å². The van der Waals surface area contributed by atoms with E-state index >= 15 is 0 Å². The maximum atomic E-state index is 6.17. The molecule has 3 heteroatoms. The third-order valence-electron chi connectivity index (χ3n) is 2.89. The van der Waals surface area contributed by atoms with Crippen LogP contribution in [0.1, 0.15) is 17.2 Å². The molecule has 1 aromatic carbocycles. The molecule has 2 N–H and O–H groups in total. The second-order valence-corrected chi connectivity index (χ2v) is 3.99. The van der Waals surface area contributed by atoms with Gasteiger partial charge in [-0.1, -0.05) is 12.1 Å². The van der Waals surface area contributed by atoms with E-state index in [1.54, 1.807) is 18.7 Å². The predicted octanol–water partition coefficient (Wildman–Crippen LogP) is 2.88. The molecule has 1 unspecified atom stereocenters. The summed E-state index contributed by atoms with van der Waals surface area (Å²) in [4.78, 5) is 4.29. The van der Waals surface area contributed by atoms with Crippen LogP contribution in [-0.4, -0.2) is 4.98 Å². The van der Waals surface area contributed by atoms with Gasteiger partial charge in [0.2, 0.25) is 0 Å². The van der Waals surface area contributed by atoms with E-state index in [1.807, 2.05) is 30.3 Å². The van der Waals surface area contributed by atoms with Gasteiger partial charge in [-0.3, -0.25) is 4.98 Å². The maximum absolute atomic E-state index is 6.17. The van der Waals surface area contributed by atoms with Crippen LogP contribution in [0.4, 0.5) is 0 Å². The lowest BCUT2D eigenvalue weighted by Crippen LogP contribution is -2.10. The Morgan fingerprint density at radius 2 is 2.06 bits per heavy atom. The average Bonchev–Trinajstić information content (AvgIpc) is 2.91. The van der Waals surface area contributed by atoms with Crippen LogP contribution in [0.3, 0.4) is 0 Å². The van der Waals surface area contributed by atoms with Crippen molar-refractivity contribution in [3.8, 4) is 0 Å². The predicted molar refractivity (Wildman–Crippen MR) is 66.5 cm³/mol. The number of benzene rings is 1. The first kappa shape index (κ1) is 10.1. The third-order valence-corrected chi connectivity index (χ3v) is 2.89. The van der Waals surface area contributed by atoms with Crippen LogP contribution >= 0.6 is 0 Å². The lowest BCUT2D eigenvalue weighted by atomic mass is 10.0. The Bertz CT molecular complexity index is 632. The van der Waals surface area contributed by atoms with E-state index < -0.39 is 0 Å². The normalized spacial score (nSPS) is 12.8. The molecule has 0 aliphatic rings.